The summed E-state index contributed by atoms with van der Waals surface area (Å²) in [6.07, 6.45) is 2.66. The molecule has 23 heavy (non-hydrogen) atoms. The Morgan fingerprint density at radius 2 is 1.96 bits per heavy atom. The number of likely N-dealkylation sites (tertiary alicyclic amines) is 1. The minimum Gasteiger partial charge on any atom is -0.388 e. The lowest BCUT2D eigenvalue weighted by Gasteiger charge is -2.38. The number of nitrogens with zero attached hydrogens (tertiary/aromatic N) is 1. The van der Waals surface area contributed by atoms with Crippen molar-refractivity contribution in [3.05, 3.63) is 34.9 Å². The SMILES string of the molecule is CCCC(C)(N)C(=O)N1CCC(C(O)c2ccc(Cl)cc2)CC1. The van der Waals surface area contributed by atoms with Crippen molar-refractivity contribution >= 4 is 17.5 Å². The van der Waals surface area contributed by atoms with Crippen LogP contribution in [-0.2, 0) is 4.79 Å². The van der Waals surface area contributed by atoms with Crippen LogP contribution in [0.4, 0.5) is 0 Å². The molecule has 0 bridgehead atoms. The van der Waals surface area contributed by atoms with E-state index in [4.69, 9.17) is 17.3 Å². The van der Waals surface area contributed by atoms with Crippen molar-refractivity contribution in [3.63, 3.8) is 0 Å². The van der Waals surface area contributed by atoms with Gasteiger partial charge in [-0.2, -0.15) is 0 Å². The molecule has 0 spiro atoms. The quantitative estimate of drug-likeness (QED) is 0.866. The minimum absolute atomic E-state index is 0.0267. The van der Waals surface area contributed by atoms with Gasteiger partial charge in [0.25, 0.3) is 0 Å². The predicted octanol–water partition coefficient (Wildman–Crippen LogP) is 3.13. The van der Waals surface area contributed by atoms with Gasteiger partial charge in [-0.05, 0) is 49.8 Å². The van der Waals surface area contributed by atoms with Gasteiger partial charge in [0.15, 0.2) is 0 Å². The number of rotatable bonds is 5. The van der Waals surface area contributed by atoms with Gasteiger partial charge in [-0.1, -0.05) is 37.1 Å². The monoisotopic (exact) mass is 338 g/mol. The summed E-state index contributed by atoms with van der Waals surface area (Å²) in [6, 6.07) is 7.32. The third-order valence-electron chi connectivity index (χ3n) is 4.74. The molecule has 0 radical (unpaired) electrons. The molecule has 0 saturated carbocycles. The van der Waals surface area contributed by atoms with Crippen molar-refractivity contribution in [3.8, 4) is 0 Å². The van der Waals surface area contributed by atoms with E-state index in [2.05, 4.69) is 0 Å². The summed E-state index contributed by atoms with van der Waals surface area (Å²) in [5, 5.41) is 11.2. The van der Waals surface area contributed by atoms with Crippen LogP contribution in [0.15, 0.2) is 24.3 Å². The highest BCUT2D eigenvalue weighted by atomic mass is 35.5. The van der Waals surface area contributed by atoms with Crippen molar-refractivity contribution < 1.29 is 9.90 Å². The molecule has 2 rings (SSSR count). The molecule has 1 aliphatic rings. The van der Waals surface area contributed by atoms with Gasteiger partial charge in [-0.15, -0.1) is 0 Å². The average molecular weight is 339 g/mol. The van der Waals surface area contributed by atoms with Gasteiger partial charge < -0.3 is 15.7 Å². The maximum Gasteiger partial charge on any atom is 0.242 e. The molecular formula is C18H27ClN2O2. The molecule has 1 amide bonds. The Kier molecular flexibility index (Phi) is 6.06. The average Bonchev–Trinajstić information content (AvgIpc) is 2.54. The van der Waals surface area contributed by atoms with Gasteiger partial charge in [0, 0.05) is 18.1 Å². The van der Waals surface area contributed by atoms with E-state index in [-0.39, 0.29) is 11.8 Å². The first-order chi connectivity index (χ1) is 10.8. The second-order valence-electron chi connectivity index (χ2n) is 6.79. The Bertz CT molecular complexity index is 522. The second-order valence-corrected chi connectivity index (χ2v) is 7.23. The summed E-state index contributed by atoms with van der Waals surface area (Å²) < 4.78 is 0. The molecule has 1 saturated heterocycles. The normalized spacial score (nSPS) is 20.1. The summed E-state index contributed by atoms with van der Waals surface area (Å²) in [5.41, 5.74) is 6.25. The molecule has 2 atom stereocenters. The van der Waals surface area contributed by atoms with E-state index >= 15 is 0 Å². The highest BCUT2D eigenvalue weighted by molar-refractivity contribution is 6.30. The molecule has 128 valence electrons. The standard InChI is InChI=1S/C18H27ClN2O2/c1-3-10-18(2,20)17(23)21-11-8-14(9-12-21)16(22)13-4-6-15(19)7-5-13/h4-7,14,16,22H,3,8-12,20H2,1-2H3. The van der Waals surface area contributed by atoms with Gasteiger partial charge in [0.2, 0.25) is 5.91 Å². The second kappa shape index (κ2) is 7.65. The molecule has 4 nitrogen and oxygen atoms in total. The Hall–Kier alpha value is -1.10. The Labute approximate surface area is 143 Å². The third-order valence-corrected chi connectivity index (χ3v) is 4.99. The highest BCUT2D eigenvalue weighted by Gasteiger charge is 2.35. The lowest BCUT2D eigenvalue weighted by Crippen LogP contribution is -2.55. The van der Waals surface area contributed by atoms with Crippen molar-refractivity contribution in [2.45, 2.75) is 51.2 Å². The highest BCUT2D eigenvalue weighted by Crippen LogP contribution is 2.32. The maximum absolute atomic E-state index is 12.5. The molecule has 1 aliphatic heterocycles. The number of hydrogen-bond acceptors (Lipinski definition) is 3. The van der Waals surface area contributed by atoms with Gasteiger partial charge in [0.1, 0.15) is 0 Å². The van der Waals surface area contributed by atoms with Crippen LogP contribution in [0.25, 0.3) is 0 Å². The fourth-order valence-electron chi connectivity index (χ4n) is 3.34. The Morgan fingerprint density at radius 1 is 1.39 bits per heavy atom. The maximum atomic E-state index is 12.5. The molecule has 3 N–H and O–H groups in total. The van der Waals surface area contributed by atoms with E-state index in [1.807, 2.05) is 30.9 Å². The molecule has 0 aromatic heterocycles. The van der Waals surface area contributed by atoms with E-state index in [0.29, 0.717) is 24.5 Å². The van der Waals surface area contributed by atoms with Crippen molar-refractivity contribution in [1.29, 1.82) is 0 Å². The van der Waals surface area contributed by atoms with E-state index in [9.17, 15) is 9.90 Å². The molecule has 1 aromatic carbocycles. The summed E-state index contributed by atoms with van der Waals surface area (Å²) in [4.78, 5) is 14.4. The first-order valence-corrected chi connectivity index (χ1v) is 8.74. The first kappa shape index (κ1) is 18.2. The third kappa shape index (κ3) is 4.46. The number of halogens is 1. The number of benzene rings is 1. The van der Waals surface area contributed by atoms with Crippen LogP contribution >= 0.6 is 11.6 Å². The van der Waals surface area contributed by atoms with Gasteiger partial charge >= 0.3 is 0 Å². The molecule has 2 unspecified atom stereocenters. The molecule has 0 aliphatic carbocycles. The molecule has 1 heterocycles. The van der Waals surface area contributed by atoms with Crippen LogP contribution in [0.5, 0.6) is 0 Å². The van der Waals surface area contributed by atoms with E-state index in [1.165, 1.54) is 0 Å². The number of piperidine rings is 1. The number of carbonyl (C=O) groups is 1. The Morgan fingerprint density at radius 3 is 2.48 bits per heavy atom. The van der Waals surface area contributed by atoms with Gasteiger partial charge in [0.05, 0.1) is 11.6 Å². The fourth-order valence-corrected chi connectivity index (χ4v) is 3.46. The van der Waals surface area contributed by atoms with Crippen molar-refractivity contribution in [2.75, 3.05) is 13.1 Å². The lowest BCUT2D eigenvalue weighted by atomic mass is 9.86. The number of nitrogens with two attached hydrogens (primary N) is 1. The van der Waals surface area contributed by atoms with Crippen LogP contribution in [0.3, 0.4) is 0 Å². The van der Waals surface area contributed by atoms with Crippen LogP contribution in [-0.4, -0.2) is 34.5 Å². The molecule has 1 aromatic rings. The fraction of sp³-hybridized carbons (Fsp3) is 0.611. The van der Waals surface area contributed by atoms with Crippen LogP contribution < -0.4 is 5.73 Å². The Balaban J connectivity index is 1.93. The number of hydrogen-bond donors (Lipinski definition) is 2. The number of aliphatic hydroxyl groups is 1. The van der Waals surface area contributed by atoms with Crippen LogP contribution in [0, 0.1) is 5.92 Å². The topological polar surface area (TPSA) is 66.6 Å². The zero-order valence-electron chi connectivity index (χ0n) is 14.0. The smallest absolute Gasteiger partial charge is 0.242 e. The van der Waals surface area contributed by atoms with Crippen LogP contribution in [0.1, 0.15) is 51.2 Å². The van der Waals surface area contributed by atoms with E-state index in [1.54, 1.807) is 12.1 Å². The summed E-state index contributed by atoms with van der Waals surface area (Å²) >= 11 is 5.89. The first-order valence-electron chi connectivity index (χ1n) is 8.37. The predicted molar refractivity (Wildman–Crippen MR) is 93.2 cm³/mol. The largest absolute Gasteiger partial charge is 0.388 e. The number of carbonyl (C=O) groups excluding carboxylic acids is 1. The molecular weight excluding hydrogens is 312 g/mol. The summed E-state index contributed by atoms with van der Waals surface area (Å²) in [6.45, 7) is 5.16. The van der Waals surface area contributed by atoms with Crippen LogP contribution in [0.2, 0.25) is 5.02 Å². The van der Waals surface area contributed by atoms with E-state index in [0.717, 1.165) is 24.8 Å². The summed E-state index contributed by atoms with van der Waals surface area (Å²) in [7, 11) is 0. The zero-order valence-corrected chi connectivity index (χ0v) is 14.7. The molecule has 5 heteroatoms. The van der Waals surface area contributed by atoms with Gasteiger partial charge in [-0.25, -0.2) is 0 Å². The van der Waals surface area contributed by atoms with Crippen molar-refractivity contribution in [1.82, 2.24) is 4.90 Å². The van der Waals surface area contributed by atoms with E-state index < -0.39 is 11.6 Å². The number of amides is 1. The minimum atomic E-state index is -0.781. The van der Waals surface area contributed by atoms with Crippen molar-refractivity contribution in [2.24, 2.45) is 11.7 Å². The van der Waals surface area contributed by atoms with Gasteiger partial charge in [-0.3, -0.25) is 4.79 Å². The number of aliphatic hydroxyl groups excluding tert-OH is 1. The lowest BCUT2D eigenvalue weighted by molar-refractivity contribution is -0.138. The zero-order chi connectivity index (χ0) is 17.0. The molecule has 1 fully saturated rings. The summed E-state index contributed by atoms with van der Waals surface area (Å²) in [5.74, 6) is 0.189.